The number of carbonyl (C=O) groups excluding carboxylic acids is 1. The highest BCUT2D eigenvalue weighted by molar-refractivity contribution is 9.10. The van der Waals surface area contributed by atoms with Gasteiger partial charge < -0.3 is 31.8 Å². The molecule has 1 unspecified atom stereocenters. The second-order valence-corrected chi connectivity index (χ2v) is 9.96. The first-order valence-corrected chi connectivity index (χ1v) is 13.3. The van der Waals surface area contributed by atoms with Gasteiger partial charge in [-0.25, -0.2) is 4.98 Å². The molecule has 0 spiro atoms. The zero-order valence-electron chi connectivity index (χ0n) is 21.0. The van der Waals surface area contributed by atoms with Crippen molar-refractivity contribution in [2.24, 2.45) is 5.73 Å². The fraction of sp³-hybridized carbons (Fsp3) is 0.138. The van der Waals surface area contributed by atoms with E-state index in [2.05, 4.69) is 46.8 Å². The minimum absolute atomic E-state index is 0.240. The number of anilines is 4. The van der Waals surface area contributed by atoms with Crippen LogP contribution in [0.3, 0.4) is 0 Å². The Kier molecular flexibility index (Phi) is 8.04. The van der Waals surface area contributed by atoms with Crippen LogP contribution in [-0.2, 0) is 17.6 Å². The molecule has 0 bridgehead atoms. The zero-order valence-corrected chi connectivity index (χ0v) is 22.6. The van der Waals surface area contributed by atoms with Gasteiger partial charge in [-0.15, -0.1) is 0 Å². The van der Waals surface area contributed by atoms with Crippen LogP contribution in [0.1, 0.15) is 11.1 Å². The lowest BCUT2D eigenvalue weighted by atomic mass is 10.1. The summed E-state index contributed by atoms with van der Waals surface area (Å²) in [7, 11) is 0. The number of rotatable bonds is 10. The van der Waals surface area contributed by atoms with E-state index in [1.54, 1.807) is 30.5 Å². The number of nitrogens with one attached hydrogen (secondary N) is 4. The van der Waals surface area contributed by atoms with Crippen molar-refractivity contribution in [3.8, 4) is 5.75 Å². The van der Waals surface area contributed by atoms with Gasteiger partial charge in [0.1, 0.15) is 11.6 Å². The van der Waals surface area contributed by atoms with Gasteiger partial charge in [-0.2, -0.15) is 4.98 Å². The summed E-state index contributed by atoms with van der Waals surface area (Å²) in [5.41, 5.74) is 10.5. The molecule has 0 saturated heterocycles. The number of amides is 1. The summed E-state index contributed by atoms with van der Waals surface area (Å²) in [6, 6.07) is 21.6. The fourth-order valence-electron chi connectivity index (χ4n) is 4.24. The summed E-state index contributed by atoms with van der Waals surface area (Å²) in [6.45, 7) is 0.627. The van der Waals surface area contributed by atoms with Crippen LogP contribution in [-0.4, -0.2) is 38.6 Å². The standard InChI is InChI=1S/C29H28BrN7O2/c30-24-17-34-29(37-27(24)32-12-11-19-16-33-26-10-9-22(38)15-23(19)26)36-21-8-4-7-20(14-21)35-28(39)25(31)13-18-5-2-1-3-6-18/h1-10,14-17,25,33,38H,11-13,31H2,(H,35,39)(H2,32,34,36,37). The van der Waals surface area contributed by atoms with Gasteiger partial charge in [0.05, 0.1) is 10.5 Å². The number of benzene rings is 3. The Hall–Kier alpha value is -4.41. The van der Waals surface area contributed by atoms with Crippen LogP contribution in [0.15, 0.2) is 89.7 Å². The van der Waals surface area contributed by atoms with Gasteiger partial charge >= 0.3 is 0 Å². The molecule has 198 valence electrons. The predicted octanol–water partition coefficient (Wildman–Crippen LogP) is 5.33. The van der Waals surface area contributed by atoms with E-state index >= 15 is 0 Å². The molecule has 2 heterocycles. The van der Waals surface area contributed by atoms with Crippen molar-refractivity contribution in [1.82, 2.24) is 15.0 Å². The largest absolute Gasteiger partial charge is 0.508 e. The van der Waals surface area contributed by atoms with Crippen LogP contribution in [0.2, 0.25) is 0 Å². The number of aromatic hydroxyl groups is 1. The highest BCUT2D eigenvalue weighted by Gasteiger charge is 2.15. The van der Waals surface area contributed by atoms with Crippen molar-refractivity contribution in [2.45, 2.75) is 18.9 Å². The third-order valence-corrected chi connectivity index (χ3v) is 6.78. The minimum Gasteiger partial charge on any atom is -0.508 e. The van der Waals surface area contributed by atoms with Gasteiger partial charge in [-0.1, -0.05) is 36.4 Å². The Morgan fingerprint density at radius 1 is 1.05 bits per heavy atom. The van der Waals surface area contributed by atoms with E-state index in [9.17, 15) is 9.90 Å². The number of aromatic amines is 1. The van der Waals surface area contributed by atoms with Crippen molar-refractivity contribution in [3.63, 3.8) is 0 Å². The van der Waals surface area contributed by atoms with Crippen molar-refractivity contribution in [3.05, 3.63) is 101 Å². The highest BCUT2D eigenvalue weighted by atomic mass is 79.9. The summed E-state index contributed by atoms with van der Waals surface area (Å²) >= 11 is 3.51. The highest BCUT2D eigenvalue weighted by Crippen LogP contribution is 2.25. The smallest absolute Gasteiger partial charge is 0.241 e. The van der Waals surface area contributed by atoms with Crippen LogP contribution in [0.4, 0.5) is 23.1 Å². The lowest BCUT2D eigenvalue weighted by Gasteiger charge is -2.14. The van der Waals surface area contributed by atoms with E-state index in [0.717, 1.165) is 38.6 Å². The number of hydrogen-bond acceptors (Lipinski definition) is 7. The molecular weight excluding hydrogens is 558 g/mol. The topological polar surface area (TPSA) is 141 Å². The molecule has 5 rings (SSSR count). The summed E-state index contributed by atoms with van der Waals surface area (Å²) in [4.78, 5) is 24.8. The van der Waals surface area contributed by atoms with Gasteiger partial charge in [0, 0.05) is 41.2 Å². The lowest BCUT2D eigenvalue weighted by Crippen LogP contribution is -2.37. The van der Waals surface area contributed by atoms with Gasteiger partial charge in [0.15, 0.2) is 0 Å². The van der Waals surface area contributed by atoms with Crippen molar-refractivity contribution in [1.29, 1.82) is 0 Å². The van der Waals surface area contributed by atoms with Crippen LogP contribution in [0, 0.1) is 0 Å². The van der Waals surface area contributed by atoms with Crippen LogP contribution in [0.25, 0.3) is 10.9 Å². The number of H-pyrrole nitrogens is 1. The molecule has 10 heteroatoms. The summed E-state index contributed by atoms with van der Waals surface area (Å²) in [5.74, 6) is 1.03. The maximum absolute atomic E-state index is 12.6. The number of fused-ring (bicyclic) bond motifs is 1. The number of halogens is 1. The van der Waals surface area contributed by atoms with Gasteiger partial charge in [0.25, 0.3) is 0 Å². The number of phenolic OH excluding ortho intramolecular Hbond substituents is 1. The Bertz CT molecular complexity index is 1590. The molecule has 1 atom stereocenters. The fourth-order valence-corrected chi connectivity index (χ4v) is 4.57. The first-order chi connectivity index (χ1) is 18.9. The van der Waals surface area contributed by atoms with E-state index in [1.807, 2.05) is 54.7 Å². The maximum atomic E-state index is 12.6. The molecule has 7 N–H and O–H groups in total. The zero-order chi connectivity index (χ0) is 27.2. The number of hydrogen-bond donors (Lipinski definition) is 6. The van der Waals surface area contributed by atoms with Crippen LogP contribution in [0.5, 0.6) is 5.75 Å². The SMILES string of the molecule is NC(Cc1ccccc1)C(=O)Nc1cccc(Nc2ncc(Br)c(NCCc3c[nH]c4ccc(O)cc34)n2)c1. The summed E-state index contributed by atoms with van der Waals surface area (Å²) in [6.07, 6.45) is 4.82. The molecule has 9 nitrogen and oxygen atoms in total. The molecule has 0 aliphatic carbocycles. The summed E-state index contributed by atoms with van der Waals surface area (Å²) in [5, 5.41) is 20.2. The maximum Gasteiger partial charge on any atom is 0.241 e. The molecule has 0 saturated carbocycles. The number of nitrogens with two attached hydrogens (primary N) is 1. The monoisotopic (exact) mass is 585 g/mol. The number of carbonyl (C=O) groups is 1. The first-order valence-electron chi connectivity index (χ1n) is 12.5. The van der Waals surface area contributed by atoms with Gasteiger partial charge in [-0.05, 0) is 76.3 Å². The normalized spacial score (nSPS) is 11.7. The predicted molar refractivity (Wildman–Crippen MR) is 158 cm³/mol. The third-order valence-electron chi connectivity index (χ3n) is 6.20. The van der Waals surface area contributed by atoms with E-state index < -0.39 is 6.04 Å². The molecule has 5 aromatic rings. The summed E-state index contributed by atoms with van der Waals surface area (Å²) < 4.78 is 0.734. The molecular formula is C29H28BrN7O2. The second-order valence-electron chi connectivity index (χ2n) is 9.10. The first kappa shape index (κ1) is 26.2. The van der Waals surface area contributed by atoms with Crippen LogP contribution < -0.4 is 21.7 Å². The van der Waals surface area contributed by atoms with E-state index in [0.29, 0.717) is 30.4 Å². The van der Waals surface area contributed by atoms with Crippen molar-refractivity contribution < 1.29 is 9.90 Å². The Morgan fingerprint density at radius 3 is 2.72 bits per heavy atom. The lowest BCUT2D eigenvalue weighted by molar-refractivity contribution is -0.117. The second kappa shape index (κ2) is 12.0. The molecule has 3 aromatic carbocycles. The van der Waals surface area contributed by atoms with Gasteiger partial charge in [-0.3, -0.25) is 4.79 Å². The van der Waals surface area contributed by atoms with Crippen LogP contribution >= 0.6 is 15.9 Å². The van der Waals surface area contributed by atoms with Crippen molar-refractivity contribution in [2.75, 3.05) is 22.5 Å². The minimum atomic E-state index is -0.664. The number of phenols is 1. The Labute approximate surface area is 234 Å². The van der Waals surface area contributed by atoms with E-state index in [-0.39, 0.29) is 11.7 Å². The van der Waals surface area contributed by atoms with Crippen molar-refractivity contribution >= 4 is 55.9 Å². The molecule has 39 heavy (non-hydrogen) atoms. The molecule has 2 aromatic heterocycles. The Balaban J connectivity index is 1.19. The van der Waals surface area contributed by atoms with E-state index in [4.69, 9.17) is 5.73 Å². The molecule has 0 radical (unpaired) electrons. The molecule has 0 aliphatic heterocycles. The van der Waals surface area contributed by atoms with E-state index in [1.165, 1.54) is 0 Å². The quantitative estimate of drug-likeness (QED) is 0.130. The molecule has 1 amide bonds. The van der Waals surface area contributed by atoms with Gasteiger partial charge in [0.2, 0.25) is 11.9 Å². The third kappa shape index (κ3) is 6.73. The average Bonchev–Trinajstić information content (AvgIpc) is 3.33. The molecule has 0 fully saturated rings. The Morgan fingerprint density at radius 2 is 1.87 bits per heavy atom. The molecule has 0 aliphatic rings. The number of nitrogens with zero attached hydrogens (tertiary/aromatic N) is 2. The average molecular weight is 586 g/mol. The number of aromatic nitrogens is 3.